The molecule has 7 amide bonds. The third-order valence-electron chi connectivity index (χ3n) is 12.3. The maximum atomic E-state index is 12.5. The second kappa shape index (κ2) is 49.6. The number of rotatable bonds is 55. The van der Waals surface area contributed by atoms with E-state index in [0.29, 0.717) is 32.1 Å². The SMILES string of the molecule is CC(=O)CCCCCCCCCCCCCCCCC(=O)NC(CCC(=O)NCCOCCOCC(=O)NCCOCCOCC(=O)NC(CCC(=O)NC(CCC(=O)NCCCCC(NN)C(N)=O)C(=O)O)C(=O)O)C(O)O. The highest BCUT2D eigenvalue weighted by molar-refractivity contribution is 5.87. The molecule has 0 aliphatic heterocycles. The van der Waals surface area contributed by atoms with Gasteiger partial charge in [0.1, 0.15) is 31.1 Å². The second-order valence-electron chi connectivity index (χ2n) is 19.3. The Morgan fingerprint density at radius 1 is 0.405 bits per heavy atom. The molecule has 0 radical (unpaired) electrons. The topological polar surface area (TPSA) is 425 Å². The molecular weight excluding hydrogens is 1040 g/mol. The number of hydrazine groups is 1. The summed E-state index contributed by atoms with van der Waals surface area (Å²) >= 11 is 0. The van der Waals surface area contributed by atoms with Crippen molar-refractivity contribution in [3.8, 4) is 0 Å². The van der Waals surface area contributed by atoms with Crippen LogP contribution in [0.5, 0.6) is 0 Å². The highest BCUT2D eigenvalue weighted by Gasteiger charge is 2.25. The molecule has 0 saturated carbocycles. The smallest absolute Gasteiger partial charge is 0.326 e. The Hall–Kier alpha value is -5.42. The predicted octanol–water partition coefficient (Wildman–Crippen LogP) is -0.00560. The fourth-order valence-electron chi connectivity index (χ4n) is 7.74. The molecule has 0 aromatic rings. The van der Waals surface area contributed by atoms with Crippen molar-refractivity contribution >= 4 is 59.1 Å². The molecule has 27 heteroatoms. The van der Waals surface area contributed by atoms with Gasteiger partial charge in [-0.3, -0.25) is 39.4 Å². The van der Waals surface area contributed by atoms with Gasteiger partial charge in [0.05, 0.1) is 51.7 Å². The van der Waals surface area contributed by atoms with Gasteiger partial charge in [0.2, 0.25) is 41.4 Å². The number of carbonyl (C=O) groups is 10. The van der Waals surface area contributed by atoms with Crippen molar-refractivity contribution in [3.63, 3.8) is 0 Å². The van der Waals surface area contributed by atoms with E-state index in [4.69, 9.17) is 30.5 Å². The Morgan fingerprint density at radius 3 is 1.28 bits per heavy atom. The van der Waals surface area contributed by atoms with E-state index in [0.717, 1.165) is 32.1 Å². The molecule has 0 bridgehead atoms. The van der Waals surface area contributed by atoms with Crippen LogP contribution < -0.4 is 48.9 Å². The van der Waals surface area contributed by atoms with Crippen LogP contribution in [0, 0.1) is 0 Å². The highest BCUT2D eigenvalue weighted by atomic mass is 16.5. The van der Waals surface area contributed by atoms with E-state index in [1.165, 1.54) is 51.4 Å². The van der Waals surface area contributed by atoms with Gasteiger partial charge in [-0.1, -0.05) is 77.0 Å². The molecule has 0 spiro atoms. The van der Waals surface area contributed by atoms with Gasteiger partial charge in [0.25, 0.3) is 0 Å². The Labute approximate surface area is 464 Å². The van der Waals surface area contributed by atoms with Crippen molar-refractivity contribution in [1.29, 1.82) is 0 Å². The van der Waals surface area contributed by atoms with E-state index >= 15 is 0 Å². The molecule has 79 heavy (non-hydrogen) atoms. The highest BCUT2D eigenvalue weighted by Crippen LogP contribution is 2.14. The first-order chi connectivity index (χ1) is 37.9. The Morgan fingerprint density at radius 2 is 0.810 bits per heavy atom. The molecule has 0 aliphatic carbocycles. The van der Waals surface area contributed by atoms with Crippen LogP contribution in [0.2, 0.25) is 0 Å². The zero-order valence-electron chi connectivity index (χ0n) is 46.5. The zero-order valence-corrected chi connectivity index (χ0v) is 46.5. The number of nitrogens with one attached hydrogen (secondary N) is 7. The number of aliphatic hydroxyl groups excluding tert-OH is 1. The molecule has 4 unspecified atom stereocenters. The van der Waals surface area contributed by atoms with E-state index in [1.807, 2.05) is 0 Å². The van der Waals surface area contributed by atoms with Crippen LogP contribution in [0.25, 0.3) is 0 Å². The molecule has 456 valence electrons. The number of carboxylic acid groups (broad SMARTS) is 2. The summed E-state index contributed by atoms with van der Waals surface area (Å²) in [7, 11) is 0. The summed E-state index contributed by atoms with van der Waals surface area (Å²) < 4.78 is 21.2. The van der Waals surface area contributed by atoms with Crippen LogP contribution in [0.4, 0.5) is 0 Å². The van der Waals surface area contributed by atoms with E-state index in [2.05, 4.69) is 37.3 Å². The average Bonchev–Trinajstić information content (AvgIpc) is 3.39. The summed E-state index contributed by atoms with van der Waals surface area (Å²) in [6, 6.07) is -4.60. The van der Waals surface area contributed by atoms with Gasteiger partial charge in [-0.2, -0.15) is 0 Å². The summed E-state index contributed by atoms with van der Waals surface area (Å²) in [5.74, 6) is -1.03. The molecule has 0 fully saturated rings. The zero-order chi connectivity index (χ0) is 58.9. The standard InChI is InChI=1S/C52H95N9O18/c1-38(62)18-14-12-10-8-6-4-2-3-5-7-9-11-13-15-20-45(65)58-40(50(70)71)22-25-44(64)56-28-30-76-32-34-78-36-47(67)57-29-31-77-33-35-79-37-48(68)60-42(52(74)75)23-26-46(66)59-41(51(72)73)21-24-43(63)55-27-17-16-19-39(61-54)49(53)69/h39-42,50,61,70-71H,2-37,54H2,1H3,(H2,53,69)(H,55,63)(H,56,64)(H,57,67)(H,58,65)(H,59,66)(H,60,68)(H,72,73)(H,74,75). The monoisotopic (exact) mass is 1130 g/mol. The molecule has 0 aromatic carbocycles. The van der Waals surface area contributed by atoms with Crippen molar-refractivity contribution in [2.75, 3.05) is 72.5 Å². The Kier molecular flexibility index (Phi) is 46.2. The van der Waals surface area contributed by atoms with E-state index in [1.54, 1.807) is 6.92 Å². The maximum absolute atomic E-state index is 12.5. The summed E-state index contributed by atoms with van der Waals surface area (Å²) in [4.78, 5) is 119. The fraction of sp³-hybridized carbons (Fsp3) is 0.808. The van der Waals surface area contributed by atoms with Crippen molar-refractivity contribution in [2.24, 2.45) is 11.6 Å². The van der Waals surface area contributed by atoms with Crippen LogP contribution in [0.3, 0.4) is 0 Å². The first-order valence-corrected chi connectivity index (χ1v) is 27.9. The number of ether oxygens (including phenoxy) is 4. The molecule has 4 atom stereocenters. The third-order valence-corrected chi connectivity index (χ3v) is 12.3. The van der Waals surface area contributed by atoms with E-state index in [9.17, 15) is 68.4 Å². The number of Topliss-reactive ketones (excluding diaryl/α,β-unsaturated/α-hetero) is 1. The minimum absolute atomic E-state index is 0.0396. The molecule has 0 saturated heterocycles. The first-order valence-electron chi connectivity index (χ1n) is 27.9. The van der Waals surface area contributed by atoms with Crippen LogP contribution >= 0.6 is 0 Å². The number of ketones is 1. The van der Waals surface area contributed by atoms with Gasteiger partial charge < -0.3 is 81.8 Å². The number of primary amides is 1. The van der Waals surface area contributed by atoms with Crippen molar-refractivity contribution in [2.45, 2.75) is 198 Å². The van der Waals surface area contributed by atoms with Gasteiger partial charge in [0.15, 0.2) is 6.29 Å². The molecule has 0 rings (SSSR count). The van der Waals surface area contributed by atoms with Gasteiger partial charge in [0, 0.05) is 51.7 Å². The van der Waals surface area contributed by atoms with Crippen molar-refractivity contribution in [3.05, 3.63) is 0 Å². The number of amides is 7. The van der Waals surface area contributed by atoms with Crippen LogP contribution in [0.1, 0.15) is 167 Å². The molecule has 0 aliphatic rings. The number of hydrogen-bond donors (Lipinski definition) is 13. The maximum Gasteiger partial charge on any atom is 0.326 e. The number of carboxylic acids is 2. The number of nitrogens with two attached hydrogens (primary N) is 2. The summed E-state index contributed by atoms with van der Waals surface area (Å²) in [6.07, 6.45) is 15.1. The number of unbranched alkanes of at least 4 members (excludes halogenated alkanes) is 14. The molecule has 0 heterocycles. The van der Waals surface area contributed by atoms with Gasteiger partial charge in [-0.15, -0.1) is 0 Å². The lowest BCUT2D eigenvalue weighted by Crippen LogP contribution is -2.45. The molecule has 27 nitrogen and oxygen atoms in total. The van der Waals surface area contributed by atoms with E-state index in [-0.39, 0.29) is 122 Å². The molecule has 0 aromatic heterocycles. The average molecular weight is 1130 g/mol. The fourth-order valence-corrected chi connectivity index (χ4v) is 7.74. The summed E-state index contributed by atoms with van der Waals surface area (Å²) in [6.45, 7) is 1.98. The first kappa shape index (κ1) is 73.6. The lowest BCUT2D eigenvalue weighted by atomic mass is 10.0. The Balaban J connectivity index is 3.96. The quantitative estimate of drug-likeness (QED) is 0.0165. The summed E-state index contributed by atoms with van der Waals surface area (Å²) in [5, 5.41) is 53.5. The largest absolute Gasteiger partial charge is 0.480 e. The van der Waals surface area contributed by atoms with Crippen LogP contribution in [0.15, 0.2) is 0 Å². The van der Waals surface area contributed by atoms with Crippen molar-refractivity contribution < 1.29 is 87.3 Å². The Bertz CT molecular complexity index is 1750. The number of aliphatic carboxylic acids is 2. The lowest BCUT2D eigenvalue weighted by Gasteiger charge is -2.20. The minimum Gasteiger partial charge on any atom is -0.480 e. The summed E-state index contributed by atoms with van der Waals surface area (Å²) in [5.41, 5.74) is 7.48. The van der Waals surface area contributed by atoms with Gasteiger partial charge in [-0.05, 0) is 58.3 Å². The number of hydrogen-bond acceptors (Lipinski definition) is 18. The number of aliphatic hydroxyl groups is 2. The van der Waals surface area contributed by atoms with Crippen LogP contribution in [-0.4, -0.2) is 182 Å². The van der Waals surface area contributed by atoms with E-state index < -0.39 is 85.0 Å². The lowest BCUT2D eigenvalue weighted by molar-refractivity contribution is -0.144. The minimum atomic E-state index is -1.81. The normalized spacial score (nSPS) is 12.7. The van der Waals surface area contributed by atoms with Gasteiger partial charge >= 0.3 is 11.9 Å². The molecule has 15 N–H and O–H groups in total. The van der Waals surface area contributed by atoms with Crippen molar-refractivity contribution in [1.82, 2.24) is 37.3 Å². The molecular formula is C52H95N9O18. The predicted molar refractivity (Wildman–Crippen MR) is 288 cm³/mol. The second-order valence-corrected chi connectivity index (χ2v) is 19.3. The number of carbonyl (C=O) groups excluding carboxylic acids is 8. The third kappa shape index (κ3) is 46.1. The van der Waals surface area contributed by atoms with Gasteiger partial charge in [-0.25, -0.2) is 15.0 Å². The van der Waals surface area contributed by atoms with Crippen LogP contribution in [-0.2, 0) is 66.9 Å².